The predicted octanol–water partition coefficient (Wildman–Crippen LogP) is 0.969. The number of rotatable bonds is 1. The highest BCUT2D eigenvalue weighted by atomic mass is 19.1. The van der Waals surface area contributed by atoms with Gasteiger partial charge >= 0.3 is 11.7 Å². The molecule has 0 spiro atoms. The highest BCUT2D eigenvalue weighted by molar-refractivity contribution is 6.00. The quantitative estimate of drug-likeness (QED) is 0.762. The summed E-state index contributed by atoms with van der Waals surface area (Å²) in [4.78, 5) is 21.9. The van der Waals surface area contributed by atoms with Gasteiger partial charge < -0.3 is 9.52 Å². The topological polar surface area (TPSA) is 72.4 Å². The molecule has 0 unspecified atom stereocenters. The van der Waals surface area contributed by atoms with Gasteiger partial charge in [0, 0.05) is 7.05 Å². The molecule has 0 radical (unpaired) electrons. The number of carbonyl (C=O) groups is 1. The summed E-state index contributed by atoms with van der Waals surface area (Å²) in [5, 5.41) is 8.78. The van der Waals surface area contributed by atoms with E-state index in [2.05, 4.69) is 4.42 Å². The number of fused-ring (bicyclic) bond motifs is 1. The Morgan fingerprint density at radius 3 is 2.80 bits per heavy atom. The van der Waals surface area contributed by atoms with Gasteiger partial charge in [0.25, 0.3) is 0 Å². The minimum atomic E-state index is -1.27. The van der Waals surface area contributed by atoms with Crippen LogP contribution in [0.2, 0.25) is 0 Å². The highest BCUT2D eigenvalue weighted by Crippen LogP contribution is 2.20. The van der Waals surface area contributed by atoms with Crippen LogP contribution >= 0.6 is 0 Å². The molecule has 6 heteroatoms. The summed E-state index contributed by atoms with van der Waals surface area (Å²) in [7, 11) is 1.31. The molecule has 0 fully saturated rings. The van der Waals surface area contributed by atoms with Crippen molar-refractivity contribution in [2.45, 2.75) is 0 Å². The fraction of sp³-hybridized carbons (Fsp3) is 0.111. The lowest BCUT2D eigenvalue weighted by Crippen LogP contribution is -2.09. The molecule has 0 atom stereocenters. The van der Waals surface area contributed by atoms with E-state index in [4.69, 9.17) is 5.11 Å². The average molecular weight is 211 g/mol. The van der Waals surface area contributed by atoms with E-state index in [0.29, 0.717) is 0 Å². The van der Waals surface area contributed by atoms with E-state index in [1.54, 1.807) is 0 Å². The second-order valence-electron chi connectivity index (χ2n) is 3.00. The smallest absolute Gasteiger partial charge is 0.419 e. The Kier molecular flexibility index (Phi) is 1.85. The van der Waals surface area contributed by atoms with Crippen LogP contribution in [-0.4, -0.2) is 15.6 Å². The zero-order valence-electron chi connectivity index (χ0n) is 7.65. The first-order chi connectivity index (χ1) is 7.02. The summed E-state index contributed by atoms with van der Waals surface area (Å²) in [6.45, 7) is 0. The minimum absolute atomic E-state index is 0.139. The van der Waals surface area contributed by atoms with Crippen molar-refractivity contribution in [1.29, 1.82) is 0 Å². The number of nitrogens with zero attached hydrogens (tertiary/aromatic N) is 1. The number of aromatic carboxylic acids is 1. The van der Waals surface area contributed by atoms with Crippen LogP contribution in [0.3, 0.4) is 0 Å². The van der Waals surface area contributed by atoms with Crippen molar-refractivity contribution in [2.24, 2.45) is 7.05 Å². The Balaban J connectivity index is 3.01. The van der Waals surface area contributed by atoms with Crippen LogP contribution in [0, 0.1) is 5.82 Å². The van der Waals surface area contributed by atoms with Gasteiger partial charge in [-0.1, -0.05) is 0 Å². The van der Waals surface area contributed by atoms with Crippen molar-refractivity contribution in [3.63, 3.8) is 0 Å². The van der Waals surface area contributed by atoms with Crippen LogP contribution in [0.25, 0.3) is 11.1 Å². The number of carboxylic acids is 1. The maximum absolute atomic E-state index is 13.3. The Hall–Kier alpha value is -2.11. The van der Waals surface area contributed by atoms with Crippen LogP contribution in [0.5, 0.6) is 0 Å². The largest absolute Gasteiger partial charge is 0.478 e. The van der Waals surface area contributed by atoms with E-state index in [1.807, 2.05) is 0 Å². The lowest BCUT2D eigenvalue weighted by Gasteiger charge is -1.97. The van der Waals surface area contributed by atoms with Crippen molar-refractivity contribution in [2.75, 3.05) is 0 Å². The Bertz CT molecular complexity index is 610. The van der Waals surface area contributed by atoms with Crippen LogP contribution in [-0.2, 0) is 7.05 Å². The molecule has 5 nitrogen and oxygen atoms in total. The van der Waals surface area contributed by atoms with Crippen molar-refractivity contribution < 1.29 is 18.7 Å². The normalized spacial score (nSPS) is 10.8. The zero-order valence-corrected chi connectivity index (χ0v) is 7.65. The number of aromatic nitrogens is 1. The fourth-order valence-corrected chi connectivity index (χ4v) is 1.38. The maximum Gasteiger partial charge on any atom is 0.419 e. The Morgan fingerprint density at radius 2 is 2.20 bits per heavy atom. The monoisotopic (exact) mass is 211 g/mol. The molecule has 0 aliphatic heterocycles. The van der Waals surface area contributed by atoms with Crippen molar-refractivity contribution >= 4 is 17.1 Å². The fourth-order valence-electron chi connectivity index (χ4n) is 1.38. The van der Waals surface area contributed by atoms with E-state index >= 15 is 0 Å². The van der Waals surface area contributed by atoms with Gasteiger partial charge in [0.1, 0.15) is 11.1 Å². The molecule has 0 bridgehead atoms. The first-order valence-corrected chi connectivity index (χ1v) is 4.03. The second kappa shape index (κ2) is 2.94. The van der Waals surface area contributed by atoms with Crippen LogP contribution < -0.4 is 5.76 Å². The summed E-state index contributed by atoms with van der Waals surface area (Å²) in [6, 6.07) is 2.05. The number of hydrogen-bond donors (Lipinski definition) is 1. The van der Waals surface area contributed by atoms with E-state index < -0.39 is 17.5 Å². The second-order valence-corrected chi connectivity index (χ2v) is 3.00. The summed E-state index contributed by atoms with van der Waals surface area (Å²) >= 11 is 0. The van der Waals surface area contributed by atoms with Gasteiger partial charge in [-0.15, -0.1) is 0 Å². The third kappa shape index (κ3) is 1.22. The van der Waals surface area contributed by atoms with Gasteiger partial charge in [0.05, 0.1) is 0 Å². The number of carboxylic acid groups (broad SMARTS) is 1. The van der Waals surface area contributed by atoms with Crippen molar-refractivity contribution in [3.8, 4) is 0 Å². The molecule has 1 N–H and O–H groups in total. The summed E-state index contributed by atoms with van der Waals surface area (Å²) in [6.07, 6.45) is 0. The lowest BCUT2D eigenvalue weighted by molar-refractivity contribution is 0.0698. The first kappa shape index (κ1) is 9.45. The molecular formula is C9H6FNO4. The van der Waals surface area contributed by atoms with Crippen LogP contribution in [0.4, 0.5) is 4.39 Å². The van der Waals surface area contributed by atoms with Crippen molar-refractivity contribution in [3.05, 3.63) is 34.1 Å². The van der Waals surface area contributed by atoms with E-state index in [1.165, 1.54) is 7.05 Å². The highest BCUT2D eigenvalue weighted by Gasteiger charge is 2.18. The third-order valence-electron chi connectivity index (χ3n) is 2.11. The molecule has 1 heterocycles. The molecule has 0 aliphatic rings. The number of hydrogen-bond acceptors (Lipinski definition) is 3. The third-order valence-corrected chi connectivity index (χ3v) is 2.11. The van der Waals surface area contributed by atoms with Gasteiger partial charge in [-0.25, -0.2) is 14.0 Å². The molecule has 78 valence electrons. The zero-order chi connectivity index (χ0) is 11.2. The molecule has 1 aromatic carbocycles. The molecule has 0 saturated heterocycles. The Labute approximate surface area is 82.3 Å². The molecule has 2 aromatic rings. The Morgan fingerprint density at radius 1 is 1.53 bits per heavy atom. The van der Waals surface area contributed by atoms with E-state index in [-0.39, 0.29) is 16.7 Å². The molecule has 1 aromatic heterocycles. The number of halogens is 1. The SMILES string of the molecule is Cn1c(=O)oc2c(C(=O)O)ccc(F)c21. The van der Waals surface area contributed by atoms with Gasteiger partial charge in [-0.3, -0.25) is 4.57 Å². The molecule has 2 rings (SSSR count). The van der Waals surface area contributed by atoms with Crippen LogP contribution in [0.1, 0.15) is 10.4 Å². The molecule has 15 heavy (non-hydrogen) atoms. The van der Waals surface area contributed by atoms with E-state index in [0.717, 1.165) is 16.7 Å². The maximum atomic E-state index is 13.3. The predicted molar refractivity (Wildman–Crippen MR) is 48.4 cm³/mol. The molecule has 0 amide bonds. The van der Waals surface area contributed by atoms with Gasteiger partial charge in [0.2, 0.25) is 0 Å². The standard InChI is InChI=1S/C9H6FNO4/c1-11-6-5(10)3-2-4(8(12)13)7(6)15-9(11)14/h2-3H,1H3,(H,12,13). The molecule has 0 saturated carbocycles. The summed E-state index contributed by atoms with van der Waals surface area (Å²) in [5.74, 6) is -2.75. The summed E-state index contributed by atoms with van der Waals surface area (Å²) in [5.41, 5.74) is -0.612. The van der Waals surface area contributed by atoms with Gasteiger partial charge in [0.15, 0.2) is 11.4 Å². The molecule has 0 aliphatic carbocycles. The van der Waals surface area contributed by atoms with Gasteiger partial charge in [-0.05, 0) is 12.1 Å². The average Bonchev–Trinajstić information content (AvgIpc) is 2.44. The minimum Gasteiger partial charge on any atom is -0.478 e. The van der Waals surface area contributed by atoms with Crippen LogP contribution in [0.15, 0.2) is 21.3 Å². The van der Waals surface area contributed by atoms with Crippen molar-refractivity contribution in [1.82, 2.24) is 4.57 Å². The van der Waals surface area contributed by atoms with Gasteiger partial charge in [-0.2, -0.15) is 0 Å². The van der Waals surface area contributed by atoms with E-state index in [9.17, 15) is 14.0 Å². The lowest BCUT2D eigenvalue weighted by atomic mass is 10.2. The number of benzene rings is 1. The summed E-state index contributed by atoms with van der Waals surface area (Å²) < 4.78 is 18.9. The molecular weight excluding hydrogens is 205 g/mol. The first-order valence-electron chi connectivity index (χ1n) is 4.03. The number of oxazole rings is 1. The number of aryl methyl sites for hydroxylation is 1.